The molecule has 1 heterocycles. The number of H-pyrrole nitrogens is 1. The summed E-state index contributed by atoms with van der Waals surface area (Å²) in [5, 5.41) is 2.58. The predicted molar refractivity (Wildman–Crippen MR) is 97.6 cm³/mol. The lowest BCUT2D eigenvalue weighted by Gasteiger charge is -2.15. The molecule has 1 amide bonds. The Labute approximate surface area is 162 Å². The molecule has 2 aromatic carbocycles. The lowest BCUT2D eigenvalue weighted by Crippen LogP contribution is -2.29. The second-order valence-corrected chi connectivity index (χ2v) is 6.30. The normalized spacial score (nSPS) is 12.4. The fraction of sp³-hybridized carbons (Fsp3) is 0.150. The van der Waals surface area contributed by atoms with E-state index < -0.39 is 35.1 Å². The van der Waals surface area contributed by atoms with Crippen LogP contribution in [0.2, 0.25) is 0 Å². The Balaban J connectivity index is 1.81. The molecular weight excluding hydrogens is 390 g/mol. The minimum absolute atomic E-state index is 0.0179. The van der Waals surface area contributed by atoms with Gasteiger partial charge in [-0.1, -0.05) is 24.3 Å². The molecule has 1 unspecified atom stereocenters. The number of aromatic nitrogens is 2. The molecule has 1 atom stereocenters. The van der Waals surface area contributed by atoms with Crippen LogP contribution in [0.1, 0.15) is 34.6 Å². The number of benzene rings is 2. The number of halogens is 4. The first-order valence-electron chi connectivity index (χ1n) is 8.49. The van der Waals surface area contributed by atoms with Crippen molar-refractivity contribution in [1.29, 1.82) is 0 Å². The molecule has 0 saturated carbocycles. The van der Waals surface area contributed by atoms with Crippen molar-refractivity contribution in [2.75, 3.05) is 0 Å². The smallest absolute Gasteiger partial charge is 0.344 e. The molecule has 5 nitrogen and oxygen atoms in total. The third-order valence-corrected chi connectivity index (χ3v) is 4.16. The van der Waals surface area contributed by atoms with E-state index in [1.54, 1.807) is 6.92 Å². The highest BCUT2D eigenvalue weighted by Gasteiger charge is 2.30. The summed E-state index contributed by atoms with van der Waals surface area (Å²) in [7, 11) is 0. The second kappa shape index (κ2) is 7.86. The van der Waals surface area contributed by atoms with Crippen LogP contribution in [0.3, 0.4) is 0 Å². The third kappa shape index (κ3) is 4.87. The Morgan fingerprint density at radius 3 is 2.41 bits per heavy atom. The van der Waals surface area contributed by atoms with Gasteiger partial charge in [0.2, 0.25) is 0 Å². The highest BCUT2D eigenvalue weighted by molar-refractivity contribution is 5.92. The Hall–Kier alpha value is -3.49. The summed E-state index contributed by atoms with van der Waals surface area (Å²) in [6.07, 6.45) is -4.45. The zero-order valence-electron chi connectivity index (χ0n) is 15.0. The van der Waals surface area contributed by atoms with E-state index >= 15 is 0 Å². The van der Waals surface area contributed by atoms with Crippen molar-refractivity contribution in [2.45, 2.75) is 19.1 Å². The van der Waals surface area contributed by atoms with Gasteiger partial charge in [0, 0.05) is 11.6 Å². The van der Waals surface area contributed by atoms with Gasteiger partial charge in [-0.3, -0.25) is 9.59 Å². The molecule has 29 heavy (non-hydrogen) atoms. The molecule has 0 radical (unpaired) electrons. The predicted octanol–water partition coefficient (Wildman–Crippen LogP) is 4.09. The number of aromatic amines is 1. The molecule has 0 bridgehead atoms. The van der Waals surface area contributed by atoms with Crippen LogP contribution in [0.15, 0.2) is 59.4 Å². The number of carbonyl (C=O) groups is 1. The molecule has 3 aromatic rings. The highest BCUT2D eigenvalue weighted by Crippen LogP contribution is 2.29. The molecule has 1 aromatic heterocycles. The zero-order chi connectivity index (χ0) is 21.2. The van der Waals surface area contributed by atoms with E-state index in [-0.39, 0.29) is 17.1 Å². The van der Waals surface area contributed by atoms with Crippen LogP contribution in [-0.2, 0) is 6.18 Å². The monoisotopic (exact) mass is 405 g/mol. The van der Waals surface area contributed by atoms with Crippen LogP contribution in [0.25, 0.3) is 11.4 Å². The molecule has 9 heteroatoms. The summed E-state index contributed by atoms with van der Waals surface area (Å²) in [6, 6.07) is 10.1. The molecule has 150 valence electrons. The number of carbonyl (C=O) groups excluding carboxylic acids is 1. The van der Waals surface area contributed by atoms with Crippen molar-refractivity contribution >= 4 is 5.91 Å². The molecular formula is C20H15F4N3O2. The van der Waals surface area contributed by atoms with E-state index in [1.165, 1.54) is 30.3 Å². The van der Waals surface area contributed by atoms with E-state index in [9.17, 15) is 27.2 Å². The van der Waals surface area contributed by atoms with Crippen molar-refractivity contribution < 1.29 is 22.4 Å². The Morgan fingerprint density at radius 1 is 1.10 bits per heavy atom. The van der Waals surface area contributed by atoms with E-state index in [0.29, 0.717) is 5.56 Å². The standard InChI is InChI=1S/C20H15F4N3O2/c1-11(12-5-7-14(8-6-12)20(22,23)24)25-19(29)16-10-17(28)27-18(26-16)13-3-2-4-15(21)9-13/h2-11H,1H3,(H,25,29)(H,26,27,28). The van der Waals surface area contributed by atoms with Crippen LogP contribution >= 0.6 is 0 Å². The van der Waals surface area contributed by atoms with Crippen molar-refractivity contribution in [3.05, 3.63) is 87.6 Å². The van der Waals surface area contributed by atoms with Crippen LogP contribution in [0, 0.1) is 5.82 Å². The van der Waals surface area contributed by atoms with Gasteiger partial charge in [0.1, 0.15) is 17.3 Å². The summed E-state index contributed by atoms with van der Waals surface area (Å²) in [4.78, 5) is 30.8. The van der Waals surface area contributed by atoms with E-state index in [2.05, 4.69) is 15.3 Å². The second-order valence-electron chi connectivity index (χ2n) is 6.30. The minimum atomic E-state index is -4.45. The van der Waals surface area contributed by atoms with Crippen molar-refractivity contribution in [3.8, 4) is 11.4 Å². The summed E-state index contributed by atoms with van der Waals surface area (Å²) in [5.41, 5.74) is -0.872. The van der Waals surface area contributed by atoms with Gasteiger partial charge in [-0.05, 0) is 36.8 Å². The van der Waals surface area contributed by atoms with Gasteiger partial charge in [0.25, 0.3) is 11.5 Å². The van der Waals surface area contributed by atoms with E-state index in [4.69, 9.17) is 0 Å². The lowest BCUT2D eigenvalue weighted by atomic mass is 10.1. The van der Waals surface area contributed by atoms with E-state index in [0.717, 1.165) is 24.3 Å². The van der Waals surface area contributed by atoms with Gasteiger partial charge in [-0.15, -0.1) is 0 Å². The maximum Gasteiger partial charge on any atom is 0.416 e. The van der Waals surface area contributed by atoms with Crippen LogP contribution in [-0.4, -0.2) is 15.9 Å². The third-order valence-electron chi connectivity index (χ3n) is 4.16. The number of alkyl halides is 3. The molecule has 0 aliphatic carbocycles. The number of hydrogen-bond acceptors (Lipinski definition) is 3. The van der Waals surface area contributed by atoms with Gasteiger partial charge >= 0.3 is 6.18 Å². The Kier molecular flexibility index (Phi) is 5.49. The van der Waals surface area contributed by atoms with Crippen molar-refractivity contribution in [2.24, 2.45) is 0 Å². The van der Waals surface area contributed by atoms with Gasteiger partial charge in [0.15, 0.2) is 0 Å². The van der Waals surface area contributed by atoms with Crippen LogP contribution < -0.4 is 10.9 Å². The quantitative estimate of drug-likeness (QED) is 0.642. The van der Waals surface area contributed by atoms with Gasteiger partial charge in [-0.25, -0.2) is 9.37 Å². The largest absolute Gasteiger partial charge is 0.416 e. The average molecular weight is 405 g/mol. The first-order chi connectivity index (χ1) is 13.6. The first-order valence-corrected chi connectivity index (χ1v) is 8.49. The van der Waals surface area contributed by atoms with Gasteiger partial charge < -0.3 is 10.3 Å². The maximum atomic E-state index is 13.4. The zero-order valence-corrected chi connectivity index (χ0v) is 15.0. The maximum absolute atomic E-state index is 13.4. The summed E-state index contributed by atoms with van der Waals surface area (Å²) in [6.45, 7) is 1.58. The van der Waals surface area contributed by atoms with E-state index in [1.807, 2.05) is 0 Å². The van der Waals surface area contributed by atoms with Gasteiger partial charge in [-0.2, -0.15) is 13.2 Å². The average Bonchev–Trinajstić information content (AvgIpc) is 2.67. The molecule has 0 fully saturated rings. The van der Waals surface area contributed by atoms with Gasteiger partial charge in [0.05, 0.1) is 11.6 Å². The topological polar surface area (TPSA) is 74.8 Å². The molecule has 0 spiro atoms. The molecule has 3 rings (SSSR count). The van der Waals surface area contributed by atoms with Crippen LogP contribution in [0.4, 0.5) is 17.6 Å². The number of hydrogen-bond donors (Lipinski definition) is 2. The molecule has 0 aliphatic heterocycles. The Morgan fingerprint density at radius 2 is 1.79 bits per heavy atom. The molecule has 2 N–H and O–H groups in total. The SMILES string of the molecule is CC(NC(=O)c1cc(=O)[nH]c(-c2cccc(F)c2)n1)c1ccc(C(F)(F)F)cc1. The first kappa shape index (κ1) is 20.2. The number of rotatable bonds is 4. The lowest BCUT2D eigenvalue weighted by molar-refractivity contribution is -0.137. The fourth-order valence-electron chi connectivity index (χ4n) is 2.66. The highest BCUT2D eigenvalue weighted by atomic mass is 19.4. The summed E-state index contributed by atoms with van der Waals surface area (Å²) < 4.78 is 51.4. The Bertz CT molecular complexity index is 1090. The number of nitrogens with one attached hydrogen (secondary N) is 2. The number of amides is 1. The molecule has 0 saturated heterocycles. The van der Waals surface area contributed by atoms with Crippen molar-refractivity contribution in [1.82, 2.24) is 15.3 Å². The number of nitrogens with zero attached hydrogens (tertiary/aromatic N) is 1. The van der Waals surface area contributed by atoms with Crippen LogP contribution in [0.5, 0.6) is 0 Å². The minimum Gasteiger partial charge on any atom is -0.344 e. The summed E-state index contributed by atoms with van der Waals surface area (Å²) in [5.74, 6) is -1.21. The summed E-state index contributed by atoms with van der Waals surface area (Å²) >= 11 is 0. The van der Waals surface area contributed by atoms with Crippen molar-refractivity contribution in [3.63, 3.8) is 0 Å². The fourth-order valence-corrected chi connectivity index (χ4v) is 2.66. The molecule has 0 aliphatic rings.